The van der Waals surface area contributed by atoms with Gasteiger partial charge in [0.25, 0.3) is 6.71 Å². The van der Waals surface area contributed by atoms with E-state index in [1.807, 2.05) is 0 Å². The Hall–Kier alpha value is -6.98. The molecule has 9 aromatic rings. The van der Waals surface area contributed by atoms with Crippen molar-refractivity contribution in [1.29, 1.82) is 0 Å². The van der Waals surface area contributed by atoms with E-state index in [1.54, 1.807) is 0 Å². The molecule has 3 aliphatic carbocycles. The van der Waals surface area contributed by atoms with Gasteiger partial charge in [0.05, 0.1) is 11.2 Å². The van der Waals surface area contributed by atoms with E-state index in [0.29, 0.717) is 0 Å². The molecule has 3 unspecified atom stereocenters. The predicted molar refractivity (Wildman–Crippen MR) is 334 cm³/mol. The van der Waals surface area contributed by atoms with Crippen molar-refractivity contribution in [3.63, 3.8) is 0 Å². The van der Waals surface area contributed by atoms with Crippen molar-refractivity contribution in [1.82, 2.24) is 0 Å². The second-order valence-corrected chi connectivity index (χ2v) is 29.0. The van der Waals surface area contributed by atoms with Crippen LogP contribution >= 0.6 is 0 Å². The average molecular weight is 1030 g/mol. The van der Waals surface area contributed by atoms with E-state index in [4.69, 9.17) is 4.42 Å². The summed E-state index contributed by atoms with van der Waals surface area (Å²) < 4.78 is 7.05. The largest absolute Gasteiger partial charge is 0.454 e. The molecule has 8 aromatic carbocycles. The lowest BCUT2D eigenvalue weighted by Crippen LogP contribution is -2.61. The van der Waals surface area contributed by atoms with Crippen LogP contribution in [0.2, 0.25) is 0 Å². The summed E-state index contributed by atoms with van der Waals surface area (Å²) in [6, 6.07) is 53.7. The topological polar surface area (TPSA) is 22.9 Å². The molecule has 0 spiro atoms. The van der Waals surface area contributed by atoms with Gasteiger partial charge in [-0.25, -0.2) is 0 Å². The molecule has 79 heavy (non-hydrogen) atoms. The Morgan fingerprint density at radius 2 is 1.14 bits per heavy atom. The van der Waals surface area contributed by atoms with Crippen molar-refractivity contribution in [3.05, 3.63) is 195 Å². The minimum absolute atomic E-state index is 0.000909. The van der Waals surface area contributed by atoms with E-state index in [2.05, 4.69) is 245 Å². The lowest BCUT2D eigenvalue weighted by molar-refractivity contribution is 0.195. The van der Waals surface area contributed by atoms with Gasteiger partial charge >= 0.3 is 0 Å². The fraction of sp³-hybridized carbons (Fsp3) is 0.351. The van der Waals surface area contributed by atoms with Crippen molar-refractivity contribution in [3.8, 4) is 0 Å². The molecular weight excluding hydrogens is 958 g/mol. The smallest absolute Gasteiger partial charge is 0.252 e. The van der Waals surface area contributed by atoms with Gasteiger partial charge in [0.2, 0.25) is 0 Å². The second-order valence-electron chi connectivity index (χ2n) is 29.0. The molecule has 7 aliphatic rings. The highest BCUT2D eigenvalue weighted by atomic mass is 16.3. The normalized spacial score (nSPS) is 23.7. The molecule has 0 amide bonds. The minimum atomic E-state index is -0.481. The molecular formula is C74H74BN3O. The zero-order chi connectivity index (χ0) is 54.6. The number of fused-ring (bicyclic) bond motifs is 19. The number of aryl methyl sites for hydroxylation is 2. The first-order chi connectivity index (χ1) is 37.5. The van der Waals surface area contributed by atoms with Gasteiger partial charge in [0.1, 0.15) is 5.58 Å². The van der Waals surface area contributed by atoms with Crippen LogP contribution in [0.5, 0.6) is 0 Å². The number of furan rings is 1. The zero-order valence-corrected chi connectivity index (χ0v) is 49.1. The number of rotatable bonds is 1. The van der Waals surface area contributed by atoms with Crippen LogP contribution in [0.1, 0.15) is 176 Å². The lowest BCUT2D eigenvalue weighted by Gasteiger charge is -2.51. The molecule has 4 nitrogen and oxygen atoms in total. The summed E-state index contributed by atoms with van der Waals surface area (Å²) >= 11 is 0. The third-order valence-electron chi connectivity index (χ3n) is 22.1. The summed E-state index contributed by atoms with van der Waals surface area (Å²) in [4.78, 5) is 8.24. The Kier molecular flexibility index (Phi) is 9.03. The van der Waals surface area contributed by atoms with E-state index in [0.717, 1.165) is 40.5 Å². The van der Waals surface area contributed by atoms with Crippen LogP contribution in [-0.2, 0) is 32.5 Å². The van der Waals surface area contributed by atoms with E-state index in [-0.39, 0.29) is 39.3 Å². The number of anilines is 8. The predicted octanol–water partition coefficient (Wildman–Crippen LogP) is 17.6. The molecule has 1 fully saturated rings. The third kappa shape index (κ3) is 5.78. The number of benzene rings is 8. The van der Waals surface area contributed by atoms with Crippen molar-refractivity contribution in [2.75, 3.05) is 14.7 Å². The second kappa shape index (κ2) is 14.9. The molecule has 0 radical (unpaired) electrons. The Bertz CT molecular complexity index is 4260. The van der Waals surface area contributed by atoms with Gasteiger partial charge in [0, 0.05) is 66.8 Å². The molecule has 6 bridgehead atoms. The highest BCUT2D eigenvalue weighted by Gasteiger charge is 2.60. The number of hydrogen-bond donors (Lipinski definition) is 0. The van der Waals surface area contributed by atoms with E-state index < -0.39 is 5.41 Å². The van der Waals surface area contributed by atoms with Gasteiger partial charge in [-0.1, -0.05) is 161 Å². The maximum Gasteiger partial charge on any atom is 0.252 e. The highest BCUT2D eigenvalue weighted by molar-refractivity contribution is 7.00. The highest BCUT2D eigenvalue weighted by Crippen LogP contribution is 2.65. The van der Waals surface area contributed by atoms with Crippen LogP contribution in [0.15, 0.2) is 138 Å². The summed E-state index contributed by atoms with van der Waals surface area (Å²) in [5.41, 5.74) is 30.5. The molecule has 5 heterocycles. The summed E-state index contributed by atoms with van der Waals surface area (Å²) in [6.45, 7) is 34.8. The summed E-state index contributed by atoms with van der Waals surface area (Å²) in [5, 5.41) is 2.29. The fourth-order valence-electron chi connectivity index (χ4n) is 18.3. The van der Waals surface area contributed by atoms with Gasteiger partial charge in [-0.2, -0.15) is 0 Å². The summed E-state index contributed by atoms with van der Waals surface area (Å²) in [6.07, 6.45) is 5.89. The van der Waals surface area contributed by atoms with Crippen molar-refractivity contribution >= 4 is 90.5 Å². The quantitative estimate of drug-likeness (QED) is 0.153. The molecule has 1 saturated carbocycles. The monoisotopic (exact) mass is 1030 g/mol. The van der Waals surface area contributed by atoms with E-state index >= 15 is 0 Å². The first kappa shape index (κ1) is 48.0. The molecule has 0 saturated heterocycles. The zero-order valence-electron chi connectivity index (χ0n) is 49.1. The van der Waals surface area contributed by atoms with Gasteiger partial charge in [-0.05, 0) is 195 Å². The van der Waals surface area contributed by atoms with Gasteiger partial charge in [-0.15, -0.1) is 0 Å². The molecule has 5 heteroatoms. The first-order valence-corrected chi connectivity index (χ1v) is 29.7. The SMILES string of the molecule is Cc1cc2c3c(c1)N(c1cccc4c1oc1ccccc14)c1cc4c(cc1B3c1ccc3cc1N2c1cc2c(cc1C)C(C)(C)c1ccccc1C2(C)c1cc2c(cc1C(C)(C)C)C1(C)CCCCC1(C)N32)C(C)(C)CC4(C)C. The lowest BCUT2D eigenvalue weighted by atomic mass is 9.33. The maximum atomic E-state index is 7.05. The average Bonchev–Trinajstić information content (AvgIpc) is 2.58. The van der Waals surface area contributed by atoms with Crippen LogP contribution < -0.4 is 31.1 Å². The number of nitrogens with zero attached hydrogens (tertiary/aromatic N) is 3. The Balaban J connectivity index is 1.07. The summed E-state index contributed by atoms with van der Waals surface area (Å²) in [5.74, 6) is 0. The minimum Gasteiger partial charge on any atom is -0.454 e. The Morgan fingerprint density at radius 1 is 0.494 bits per heavy atom. The van der Waals surface area contributed by atoms with Gasteiger partial charge in [-0.3, -0.25) is 0 Å². The molecule has 4 aliphatic heterocycles. The molecule has 3 atom stereocenters. The van der Waals surface area contributed by atoms with Crippen LogP contribution in [0.4, 0.5) is 45.5 Å². The maximum absolute atomic E-state index is 7.05. The fourth-order valence-corrected chi connectivity index (χ4v) is 18.3. The van der Waals surface area contributed by atoms with Gasteiger partial charge < -0.3 is 19.1 Å². The van der Waals surface area contributed by atoms with Crippen LogP contribution in [-0.4, -0.2) is 12.3 Å². The van der Waals surface area contributed by atoms with Crippen molar-refractivity contribution in [2.24, 2.45) is 0 Å². The van der Waals surface area contributed by atoms with Gasteiger partial charge in [0.15, 0.2) is 5.58 Å². The van der Waals surface area contributed by atoms with Crippen molar-refractivity contribution < 1.29 is 4.42 Å². The van der Waals surface area contributed by atoms with Crippen LogP contribution in [0.25, 0.3) is 21.9 Å². The molecule has 394 valence electrons. The summed E-state index contributed by atoms with van der Waals surface area (Å²) in [7, 11) is 0. The first-order valence-electron chi connectivity index (χ1n) is 29.7. The van der Waals surface area contributed by atoms with E-state index in [9.17, 15) is 0 Å². The Labute approximate surface area is 468 Å². The number of hydrogen-bond acceptors (Lipinski definition) is 4. The van der Waals surface area contributed by atoms with E-state index in [1.165, 1.54) is 137 Å². The van der Waals surface area contributed by atoms with Crippen LogP contribution in [0, 0.1) is 13.8 Å². The molecule has 16 rings (SSSR count). The number of para-hydroxylation sites is 2. The van der Waals surface area contributed by atoms with Crippen LogP contribution in [0.3, 0.4) is 0 Å². The third-order valence-corrected chi connectivity index (χ3v) is 22.1. The molecule has 1 aromatic heterocycles. The van der Waals surface area contributed by atoms with Crippen molar-refractivity contribution in [2.45, 2.75) is 167 Å². The standard InChI is InChI=1S/C74H74BN3O/c1-42-32-63-66-64(33-42)77-59-39-54-52(34-43(59)2)71(10,11)47-24-16-17-25-48(47)74(54,14)53-40-60-55(36-49(53)68(3,4)5)72(12)30-19-20-31-73(72,13)78(60)44-28-29-56(61(77)35-44)75(66)57-37-50-51(70(8,9)41-69(50,6)7)38-62(57)76(63)58-26-21-23-46-45-22-15-18-27-65(45)79-67(46)58/h15-18,21-29,32-40H,19-20,30-31,41H2,1-14H3. The molecule has 0 N–H and O–H groups in total. The Morgan fingerprint density at radius 3 is 1.90 bits per heavy atom.